The Morgan fingerprint density at radius 1 is 1.16 bits per heavy atom. The molecular formula is C15H19N3O. The zero-order chi connectivity index (χ0) is 14.0. The monoisotopic (exact) mass is 257 g/mol. The minimum Gasteiger partial charge on any atom is -0.496 e. The average Bonchev–Trinajstić information content (AvgIpc) is 2.37. The van der Waals surface area contributed by atoms with Crippen molar-refractivity contribution < 1.29 is 4.74 Å². The molecule has 2 N–H and O–H groups in total. The molecule has 0 unspecified atom stereocenters. The Morgan fingerprint density at radius 2 is 1.89 bits per heavy atom. The molecule has 4 heteroatoms. The summed E-state index contributed by atoms with van der Waals surface area (Å²) in [5, 5.41) is 0. The van der Waals surface area contributed by atoms with E-state index in [4.69, 9.17) is 10.5 Å². The van der Waals surface area contributed by atoms with Gasteiger partial charge in [0.05, 0.1) is 12.7 Å². The molecular weight excluding hydrogens is 238 g/mol. The fourth-order valence-electron chi connectivity index (χ4n) is 1.90. The van der Waals surface area contributed by atoms with Crippen molar-refractivity contribution in [2.45, 2.75) is 26.7 Å². The first-order valence-corrected chi connectivity index (χ1v) is 6.30. The highest BCUT2D eigenvalue weighted by molar-refractivity contribution is 5.68. The zero-order valence-corrected chi connectivity index (χ0v) is 11.8. The molecule has 0 radical (unpaired) electrons. The van der Waals surface area contributed by atoms with Gasteiger partial charge in [-0.2, -0.15) is 0 Å². The van der Waals surface area contributed by atoms with Gasteiger partial charge < -0.3 is 10.5 Å². The van der Waals surface area contributed by atoms with Crippen LogP contribution in [0.5, 0.6) is 5.75 Å². The van der Waals surface area contributed by atoms with Gasteiger partial charge in [0.25, 0.3) is 0 Å². The number of nitrogens with zero attached hydrogens (tertiary/aromatic N) is 2. The van der Waals surface area contributed by atoms with E-state index in [1.165, 1.54) is 0 Å². The molecule has 0 aliphatic heterocycles. The Bertz CT molecular complexity index is 594. The predicted molar refractivity (Wildman–Crippen MR) is 77.3 cm³/mol. The molecule has 1 heterocycles. The maximum atomic E-state index is 5.77. The number of ether oxygens (including phenoxy) is 1. The van der Waals surface area contributed by atoms with Gasteiger partial charge in [0.1, 0.15) is 5.75 Å². The maximum absolute atomic E-state index is 5.77. The number of nitrogens with two attached hydrogens (primary N) is 1. The van der Waals surface area contributed by atoms with Crippen LogP contribution in [-0.2, 0) is 0 Å². The number of nitrogen functional groups attached to an aromatic ring is 1. The van der Waals surface area contributed by atoms with Gasteiger partial charge in [-0.1, -0.05) is 13.8 Å². The largest absolute Gasteiger partial charge is 0.496 e. The van der Waals surface area contributed by atoms with Crippen molar-refractivity contribution in [3.8, 4) is 17.1 Å². The second-order valence-corrected chi connectivity index (χ2v) is 4.87. The highest BCUT2D eigenvalue weighted by Crippen LogP contribution is 2.30. The molecule has 0 spiro atoms. The standard InChI is InChI=1S/C15H19N3O/c1-9(2)13-7-10(3)17-15(18-13)12-6-5-11(16)8-14(12)19-4/h5-9H,16H2,1-4H3. The van der Waals surface area contributed by atoms with Gasteiger partial charge >= 0.3 is 0 Å². The first-order valence-electron chi connectivity index (χ1n) is 6.30. The van der Waals surface area contributed by atoms with Crippen molar-refractivity contribution in [2.24, 2.45) is 0 Å². The van der Waals surface area contributed by atoms with Crippen molar-refractivity contribution in [1.82, 2.24) is 9.97 Å². The van der Waals surface area contributed by atoms with E-state index < -0.39 is 0 Å². The molecule has 2 aromatic rings. The maximum Gasteiger partial charge on any atom is 0.163 e. The van der Waals surface area contributed by atoms with Crippen LogP contribution in [0.15, 0.2) is 24.3 Å². The summed E-state index contributed by atoms with van der Waals surface area (Å²) >= 11 is 0. The molecule has 4 nitrogen and oxygen atoms in total. The van der Waals surface area contributed by atoms with Crippen molar-refractivity contribution in [3.05, 3.63) is 35.7 Å². The first kappa shape index (κ1) is 13.3. The van der Waals surface area contributed by atoms with E-state index in [1.54, 1.807) is 13.2 Å². The lowest BCUT2D eigenvalue weighted by atomic mass is 10.1. The highest BCUT2D eigenvalue weighted by atomic mass is 16.5. The third kappa shape index (κ3) is 2.84. The Morgan fingerprint density at radius 3 is 2.53 bits per heavy atom. The second kappa shape index (κ2) is 5.26. The minimum absolute atomic E-state index is 0.361. The molecule has 0 saturated carbocycles. The number of hydrogen-bond donors (Lipinski definition) is 1. The normalized spacial score (nSPS) is 10.8. The van der Waals surface area contributed by atoms with Gasteiger partial charge in [-0.15, -0.1) is 0 Å². The molecule has 1 aromatic carbocycles. The number of methoxy groups -OCH3 is 1. The van der Waals surface area contributed by atoms with Crippen LogP contribution in [0, 0.1) is 6.92 Å². The van der Waals surface area contributed by atoms with Gasteiger partial charge in [0.2, 0.25) is 0 Å². The van der Waals surface area contributed by atoms with Crippen molar-refractivity contribution in [2.75, 3.05) is 12.8 Å². The van der Waals surface area contributed by atoms with Crippen LogP contribution in [0.3, 0.4) is 0 Å². The number of rotatable bonds is 3. The fourth-order valence-corrected chi connectivity index (χ4v) is 1.90. The summed E-state index contributed by atoms with van der Waals surface area (Å²) in [5.41, 5.74) is 9.28. The molecule has 0 bridgehead atoms. The Hall–Kier alpha value is -2.10. The van der Waals surface area contributed by atoms with E-state index in [0.717, 1.165) is 17.0 Å². The van der Waals surface area contributed by atoms with Gasteiger partial charge in [-0.05, 0) is 31.0 Å². The van der Waals surface area contributed by atoms with Crippen LogP contribution in [0.1, 0.15) is 31.2 Å². The predicted octanol–water partition coefficient (Wildman–Crippen LogP) is 3.17. The number of anilines is 1. The topological polar surface area (TPSA) is 61.0 Å². The van der Waals surface area contributed by atoms with Crippen molar-refractivity contribution in [1.29, 1.82) is 0 Å². The number of aromatic nitrogens is 2. The molecule has 0 amide bonds. The van der Waals surface area contributed by atoms with Crippen LogP contribution >= 0.6 is 0 Å². The van der Waals surface area contributed by atoms with Crippen LogP contribution in [0.2, 0.25) is 0 Å². The lowest BCUT2D eigenvalue weighted by molar-refractivity contribution is 0.416. The van der Waals surface area contributed by atoms with Gasteiger partial charge in [-0.25, -0.2) is 9.97 Å². The molecule has 1 aromatic heterocycles. The van der Waals surface area contributed by atoms with Crippen molar-refractivity contribution >= 4 is 5.69 Å². The summed E-state index contributed by atoms with van der Waals surface area (Å²) in [7, 11) is 1.62. The van der Waals surface area contributed by atoms with Crippen LogP contribution in [0.25, 0.3) is 11.4 Å². The Balaban J connectivity index is 2.58. The van der Waals surface area contributed by atoms with Gasteiger partial charge in [0, 0.05) is 23.1 Å². The SMILES string of the molecule is COc1cc(N)ccc1-c1nc(C)cc(C(C)C)n1. The summed E-state index contributed by atoms with van der Waals surface area (Å²) in [5.74, 6) is 1.74. The van der Waals surface area contributed by atoms with Crippen LogP contribution in [0.4, 0.5) is 5.69 Å². The zero-order valence-electron chi connectivity index (χ0n) is 11.8. The van der Waals surface area contributed by atoms with Gasteiger partial charge in [0.15, 0.2) is 5.82 Å². The highest BCUT2D eigenvalue weighted by Gasteiger charge is 2.12. The van der Waals surface area contributed by atoms with E-state index >= 15 is 0 Å². The minimum atomic E-state index is 0.361. The fraction of sp³-hybridized carbons (Fsp3) is 0.333. The van der Waals surface area contributed by atoms with E-state index in [0.29, 0.717) is 23.2 Å². The number of aryl methyl sites for hydroxylation is 1. The number of benzene rings is 1. The van der Waals surface area contributed by atoms with E-state index in [2.05, 4.69) is 23.8 Å². The molecule has 0 atom stereocenters. The van der Waals surface area contributed by atoms with E-state index in [-0.39, 0.29) is 0 Å². The Kier molecular flexibility index (Phi) is 3.69. The van der Waals surface area contributed by atoms with E-state index in [1.807, 2.05) is 25.1 Å². The average molecular weight is 257 g/mol. The smallest absolute Gasteiger partial charge is 0.163 e. The third-order valence-corrected chi connectivity index (χ3v) is 2.93. The molecule has 2 rings (SSSR count). The third-order valence-electron chi connectivity index (χ3n) is 2.93. The number of hydrogen-bond acceptors (Lipinski definition) is 4. The van der Waals surface area contributed by atoms with Crippen LogP contribution < -0.4 is 10.5 Å². The molecule has 0 aliphatic rings. The van der Waals surface area contributed by atoms with Crippen LogP contribution in [-0.4, -0.2) is 17.1 Å². The molecule has 100 valence electrons. The molecule has 0 fully saturated rings. The quantitative estimate of drug-likeness (QED) is 0.858. The lowest BCUT2D eigenvalue weighted by Gasteiger charge is -2.11. The summed E-state index contributed by atoms with van der Waals surface area (Å²) in [6.45, 7) is 6.21. The summed E-state index contributed by atoms with van der Waals surface area (Å²) in [4.78, 5) is 9.10. The van der Waals surface area contributed by atoms with Crippen molar-refractivity contribution in [3.63, 3.8) is 0 Å². The molecule has 19 heavy (non-hydrogen) atoms. The molecule has 0 saturated heterocycles. The lowest BCUT2D eigenvalue weighted by Crippen LogP contribution is -2.01. The summed E-state index contributed by atoms with van der Waals surface area (Å²) in [6.07, 6.45) is 0. The first-order chi connectivity index (χ1) is 9.01. The Labute approximate surface area is 113 Å². The second-order valence-electron chi connectivity index (χ2n) is 4.87. The van der Waals surface area contributed by atoms with E-state index in [9.17, 15) is 0 Å². The molecule has 0 aliphatic carbocycles. The summed E-state index contributed by atoms with van der Waals surface area (Å²) in [6, 6.07) is 7.53. The van der Waals surface area contributed by atoms with Gasteiger partial charge in [-0.3, -0.25) is 0 Å². The summed E-state index contributed by atoms with van der Waals surface area (Å²) < 4.78 is 5.36.